The molecule has 0 aromatic heterocycles. The molecule has 0 aliphatic carbocycles. The van der Waals surface area contributed by atoms with Crippen LogP contribution in [0.1, 0.15) is 84.9 Å². The number of aromatic hydroxyl groups is 2. The SMILES string of the molecule is CCOC(=O)CCNC(=O)C(c1ccc(O)cc1)N(C(=O)C(Cc1ccc(O)cc1)NC(=O)OC(C)(C)C)C(C)CCC(C)C. The van der Waals surface area contributed by atoms with Crippen molar-refractivity contribution in [2.24, 2.45) is 5.92 Å². The predicted molar refractivity (Wildman–Crippen MR) is 170 cm³/mol. The zero-order valence-electron chi connectivity index (χ0n) is 27.5. The number of hydrogen-bond acceptors (Lipinski definition) is 8. The van der Waals surface area contributed by atoms with Crippen molar-refractivity contribution in [3.63, 3.8) is 0 Å². The molecule has 45 heavy (non-hydrogen) atoms. The Morgan fingerprint density at radius 2 is 1.47 bits per heavy atom. The van der Waals surface area contributed by atoms with Crippen LogP contribution in [-0.2, 0) is 30.3 Å². The third-order valence-corrected chi connectivity index (χ3v) is 6.93. The number of esters is 1. The molecule has 3 unspecified atom stereocenters. The highest BCUT2D eigenvalue weighted by atomic mass is 16.6. The van der Waals surface area contributed by atoms with E-state index in [0.29, 0.717) is 23.5 Å². The maximum atomic E-state index is 14.7. The maximum absolute atomic E-state index is 14.7. The number of phenols is 2. The second kappa shape index (κ2) is 17.3. The van der Waals surface area contributed by atoms with Crippen molar-refractivity contribution in [3.05, 3.63) is 59.7 Å². The van der Waals surface area contributed by atoms with Gasteiger partial charge in [0.05, 0.1) is 13.0 Å². The summed E-state index contributed by atoms with van der Waals surface area (Å²) in [4.78, 5) is 55.0. The molecule has 4 N–H and O–H groups in total. The average Bonchev–Trinajstić information content (AvgIpc) is 2.94. The third-order valence-electron chi connectivity index (χ3n) is 6.93. The molecule has 3 atom stereocenters. The van der Waals surface area contributed by atoms with Gasteiger partial charge in [-0.05, 0) is 88.8 Å². The number of alkyl carbamates (subject to hydrolysis) is 1. The fraction of sp³-hybridized carbons (Fsp3) is 0.529. The topological polar surface area (TPSA) is 154 Å². The molecule has 0 spiro atoms. The number of ether oxygens (including phenoxy) is 2. The molecule has 2 aromatic rings. The van der Waals surface area contributed by atoms with Crippen molar-refractivity contribution in [3.8, 4) is 11.5 Å². The van der Waals surface area contributed by atoms with Crippen molar-refractivity contribution >= 4 is 23.9 Å². The number of amides is 3. The van der Waals surface area contributed by atoms with E-state index in [1.54, 1.807) is 52.0 Å². The lowest BCUT2D eigenvalue weighted by molar-refractivity contribution is -0.146. The van der Waals surface area contributed by atoms with E-state index in [9.17, 15) is 29.4 Å². The van der Waals surface area contributed by atoms with Crippen molar-refractivity contribution in [1.82, 2.24) is 15.5 Å². The molecular weight excluding hydrogens is 578 g/mol. The van der Waals surface area contributed by atoms with Gasteiger partial charge in [0, 0.05) is 19.0 Å². The van der Waals surface area contributed by atoms with Gasteiger partial charge < -0.3 is 35.2 Å². The molecule has 2 rings (SSSR count). The number of benzene rings is 2. The van der Waals surface area contributed by atoms with E-state index in [1.807, 2.05) is 6.92 Å². The Balaban J connectivity index is 2.60. The van der Waals surface area contributed by atoms with Crippen LogP contribution in [-0.4, -0.2) is 69.8 Å². The Kier molecular flexibility index (Phi) is 14.2. The van der Waals surface area contributed by atoms with E-state index < -0.39 is 47.6 Å². The van der Waals surface area contributed by atoms with Gasteiger partial charge in [-0.1, -0.05) is 38.1 Å². The molecule has 0 radical (unpaired) electrons. The molecule has 0 saturated heterocycles. The number of hydrogen-bond donors (Lipinski definition) is 4. The minimum atomic E-state index is -1.16. The molecule has 11 nitrogen and oxygen atoms in total. The second-order valence-electron chi connectivity index (χ2n) is 12.5. The lowest BCUT2D eigenvalue weighted by Gasteiger charge is -2.39. The van der Waals surface area contributed by atoms with Crippen molar-refractivity contribution in [2.45, 2.75) is 97.9 Å². The van der Waals surface area contributed by atoms with Crippen molar-refractivity contribution in [2.75, 3.05) is 13.2 Å². The fourth-order valence-electron chi connectivity index (χ4n) is 4.72. The molecule has 0 saturated carbocycles. The molecule has 0 fully saturated rings. The summed E-state index contributed by atoms with van der Waals surface area (Å²) in [5, 5.41) is 25.3. The molecule has 0 bridgehead atoms. The van der Waals surface area contributed by atoms with Gasteiger partial charge in [-0.3, -0.25) is 14.4 Å². The first-order valence-corrected chi connectivity index (χ1v) is 15.4. The predicted octanol–water partition coefficient (Wildman–Crippen LogP) is 5.00. The summed E-state index contributed by atoms with van der Waals surface area (Å²) < 4.78 is 10.5. The molecular formula is C34H49N3O8. The number of nitrogens with one attached hydrogen (secondary N) is 2. The summed E-state index contributed by atoms with van der Waals surface area (Å²) in [5.41, 5.74) is 0.275. The van der Waals surface area contributed by atoms with Crippen molar-refractivity contribution < 1.29 is 38.9 Å². The Bertz CT molecular complexity index is 1260. The first kappa shape index (κ1) is 36.9. The normalized spacial score (nSPS) is 13.3. The van der Waals surface area contributed by atoms with Crippen LogP contribution in [0, 0.1) is 5.92 Å². The summed E-state index contributed by atoms with van der Waals surface area (Å²) >= 11 is 0. The van der Waals surface area contributed by atoms with Crippen LogP contribution in [0.5, 0.6) is 11.5 Å². The van der Waals surface area contributed by atoms with E-state index in [2.05, 4.69) is 24.5 Å². The van der Waals surface area contributed by atoms with Gasteiger partial charge in [0.15, 0.2) is 0 Å². The number of rotatable bonds is 15. The number of carbonyl (C=O) groups excluding carboxylic acids is 4. The number of carbonyl (C=O) groups is 4. The summed E-state index contributed by atoms with van der Waals surface area (Å²) in [6.07, 6.45) is 0.530. The number of nitrogens with zero attached hydrogens (tertiary/aromatic N) is 1. The lowest BCUT2D eigenvalue weighted by Crippen LogP contribution is -2.56. The van der Waals surface area contributed by atoms with Crippen LogP contribution in [0.15, 0.2) is 48.5 Å². The second-order valence-corrected chi connectivity index (χ2v) is 12.5. The quantitative estimate of drug-likeness (QED) is 0.201. The first-order valence-electron chi connectivity index (χ1n) is 15.4. The minimum Gasteiger partial charge on any atom is -0.508 e. The van der Waals surface area contributed by atoms with E-state index in [1.165, 1.54) is 29.2 Å². The highest BCUT2D eigenvalue weighted by Gasteiger charge is 2.39. The van der Waals surface area contributed by atoms with Gasteiger partial charge >= 0.3 is 12.1 Å². The first-order chi connectivity index (χ1) is 21.1. The minimum absolute atomic E-state index is 0.0113. The molecule has 0 aliphatic heterocycles. The largest absolute Gasteiger partial charge is 0.508 e. The Hall–Kier alpha value is -4.28. The highest BCUT2D eigenvalue weighted by molar-refractivity contribution is 5.92. The summed E-state index contributed by atoms with van der Waals surface area (Å²) in [7, 11) is 0. The van der Waals surface area contributed by atoms with Gasteiger partial charge in [0.25, 0.3) is 0 Å². The fourth-order valence-corrected chi connectivity index (χ4v) is 4.72. The summed E-state index contributed by atoms with van der Waals surface area (Å²) in [6, 6.07) is 9.52. The van der Waals surface area contributed by atoms with Crippen molar-refractivity contribution in [1.29, 1.82) is 0 Å². The van der Waals surface area contributed by atoms with Crippen LogP contribution >= 0.6 is 0 Å². The van der Waals surface area contributed by atoms with Crippen LogP contribution in [0.4, 0.5) is 4.79 Å². The monoisotopic (exact) mass is 627 g/mol. The highest BCUT2D eigenvalue weighted by Crippen LogP contribution is 2.29. The van der Waals surface area contributed by atoms with Crippen LogP contribution < -0.4 is 10.6 Å². The van der Waals surface area contributed by atoms with Crippen LogP contribution in [0.2, 0.25) is 0 Å². The Morgan fingerprint density at radius 3 is 2.00 bits per heavy atom. The summed E-state index contributed by atoms with van der Waals surface area (Å²) in [5.74, 6) is -1.16. The van der Waals surface area contributed by atoms with Gasteiger partial charge in [0.2, 0.25) is 11.8 Å². The van der Waals surface area contributed by atoms with Crippen LogP contribution in [0.25, 0.3) is 0 Å². The Labute approximate surface area is 266 Å². The number of phenolic OH excluding ortho intramolecular Hbond substituents is 2. The van der Waals surface area contributed by atoms with Crippen LogP contribution in [0.3, 0.4) is 0 Å². The van der Waals surface area contributed by atoms with Gasteiger partial charge in [-0.25, -0.2) is 4.79 Å². The molecule has 3 amide bonds. The third kappa shape index (κ3) is 12.7. The standard InChI is InChI=1S/C34H49N3O8/c1-8-44-29(40)19-20-35-31(41)30(25-13-17-27(39)18-14-25)37(23(4)10-9-22(2)3)32(42)28(36-33(43)45-34(5,6)7)21-24-11-15-26(38)16-12-24/h11-18,22-23,28,30,38-39H,8-10,19-21H2,1-7H3,(H,35,41)(H,36,43). The molecule has 248 valence electrons. The van der Waals surface area contributed by atoms with E-state index in [-0.39, 0.29) is 37.5 Å². The smallest absolute Gasteiger partial charge is 0.408 e. The average molecular weight is 628 g/mol. The molecule has 0 heterocycles. The summed E-state index contributed by atoms with van der Waals surface area (Å²) in [6.45, 7) is 13.0. The van der Waals surface area contributed by atoms with Gasteiger partial charge in [-0.15, -0.1) is 0 Å². The molecule has 2 aromatic carbocycles. The molecule has 0 aliphatic rings. The maximum Gasteiger partial charge on any atom is 0.408 e. The lowest BCUT2D eigenvalue weighted by atomic mass is 9.96. The van der Waals surface area contributed by atoms with Gasteiger partial charge in [0.1, 0.15) is 29.2 Å². The zero-order valence-corrected chi connectivity index (χ0v) is 27.5. The van der Waals surface area contributed by atoms with E-state index in [4.69, 9.17) is 9.47 Å². The van der Waals surface area contributed by atoms with E-state index >= 15 is 0 Å². The van der Waals surface area contributed by atoms with E-state index in [0.717, 1.165) is 6.42 Å². The zero-order chi connectivity index (χ0) is 33.7. The molecule has 11 heteroatoms. The van der Waals surface area contributed by atoms with Gasteiger partial charge in [-0.2, -0.15) is 0 Å². The Morgan fingerprint density at radius 1 is 0.889 bits per heavy atom.